The van der Waals surface area contributed by atoms with Gasteiger partial charge in [-0.3, -0.25) is 19.8 Å². The summed E-state index contributed by atoms with van der Waals surface area (Å²) in [6.45, 7) is 1.38. The van der Waals surface area contributed by atoms with Crippen molar-refractivity contribution in [3.05, 3.63) is 70.2 Å². The number of nitrogens with zero attached hydrogens (tertiary/aromatic N) is 1. The van der Waals surface area contributed by atoms with Gasteiger partial charge in [0.2, 0.25) is 0 Å². The van der Waals surface area contributed by atoms with Crippen molar-refractivity contribution in [2.24, 2.45) is 0 Å². The first-order valence-corrected chi connectivity index (χ1v) is 9.72. The van der Waals surface area contributed by atoms with Gasteiger partial charge in [-0.05, 0) is 30.2 Å². The summed E-state index contributed by atoms with van der Waals surface area (Å²) in [7, 11) is 0. The summed E-state index contributed by atoms with van der Waals surface area (Å²) in [6, 6.07) is 14.8. The number of halogens is 1. The lowest BCUT2D eigenvalue weighted by Crippen LogP contribution is -2.51. The Bertz CT molecular complexity index is 966. The maximum atomic E-state index is 12.9. The Balaban J connectivity index is 1.65. The van der Waals surface area contributed by atoms with Crippen LogP contribution in [0.15, 0.2) is 59.1 Å². The monoisotopic (exact) mass is 458 g/mol. The number of urea groups is 1. The average molecular weight is 459 g/mol. The molecule has 5 amide bonds. The topological polar surface area (TPSA) is 108 Å². The van der Waals surface area contributed by atoms with Crippen molar-refractivity contribution in [1.29, 1.82) is 0 Å². The van der Waals surface area contributed by atoms with Crippen LogP contribution in [0.2, 0.25) is 0 Å². The molecule has 0 aromatic heterocycles. The van der Waals surface area contributed by atoms with Gasteiger partial charge in [0, 0.05) is 10.0 Å². The lowest BCUT2D eigenvalue weighted by Gasteiger charge is -2.25. The molecule has 1 aliphatic rings. The van der Waals surface area contributed by atoms with Crippen molar-refractivity contribution in [1.82, 2.24) is 21.1 Å². The fourth-order valence-corrected chi connectivity index (χ4v) is 3.49. The van der Waals surface area contributed by atoms with Crippen molar-refractivity contribution < 1.29 is 19.2 Å². The number of imide groups is 1. The Morgan fingerprint density at radius 3 is 2.48 bits per heavy atom. The number of carbonyl (C=O) groups is 4. The zero-order valence-electron chi connectivity index (χ0n) is 15.6. The maximum Gasteiger partial charge on any atom is 0.344 e. The summed E-state index contributed by atoms with van der Waals surface area (Å²) >= 11 is 3.27. The van der Waals surface area contributed by atoms with Gasteiger partial charge >= 0.3 is 6.03 Å². The Kier molecular flexibility index (Phi) is 5.97. The number of carbonyl (C=O) groups excluding carboxylic acids is 4. The molecule has 0 bridgehead atoms. The van der Waals surface area contributed by atoms with Crippen LogP contribution in [0.4, 0.5) is 4.79 Å². The molecule has 0 aliphatic carbocycles. The molecule has 150 valence electrons. The molecule has 3 N–H and O–H groups in total. The number of amides is 5. The van der Waals surface area contributed by atoms with Crippen molar-refractivity contribution in [2.75, 3.05) is 6.54 Å². The molecule has 1 atom stereocenters. The lowest BCUT2D eigenvalue weighted by atomic mass is 9.87. The SMILES string of the molecule is CCC1(c2ccccc2)NC(=O)N(NC(=O)CNC(=O)c2cccc(Br)c2)C1=O. The van der Waals surface area contributed by atoms with Crippen LogP contribution in [0.3, 0.4) is 0 Å². The van der Waals surface area contributed by atoms with E-state index in [1.165, 1.54) is 0 Å². The third-order valence-corrected chi connectivity index (χ3v) is 5.11. The lowest BCUT2D eigenvalue weighted by molar-refractivity contribution is -0.139. The van der Waals surface area contributed by atoms with Gasteiger partial charge in [-0.1, -0.05) is 59.3 Å². The number of rotatable bonds is 6. The van der Waals surface area contributed by atoms with E-state index in [1.807, 2.05) is 6.07 Å². The van der Waals surface area contributed by atoms with E-state index >= 15 is 0 Å². The molecule has 1 unspecified atom stereocenters. The second-order valence-electron chi connectivity index (χ2n) is 6.42. The number of hydrazine groups is 1. The van der Waals surface area contributed by atoms with Crippen LogP contribution in [0.5, 0.6) is 0 Å². The smallest absolute Gasteiger partial charge is 0.343 e. The van der Waals surface area contributed by atoms with Crippen LogP contribution in [-0.4, -0.2) is 35.3 Å². The van der Waals surface area contributed by atoms with Crippen LogP contribution in [0.1, 0.15) is 29.3 Å². The summed E-state index contributed by atoms with van der Waals surface area (Å²) in [4.78, 5) is 49.6. The standard InChI is InChI=1S/C20H19BrN4O4/c1-2-20(14-8-4-3-5-9-14)18(28)25(19(29)23-20)24-16(26)12-22-17(27)13-7-6-10-15(21)11-13/h3-11H,2,12H2,1H3,(H,22,27)(H,23,29)(H,24,26). The third kappa shape index (κ3) is 4.14. The van der Waals surface area contributed by atoms with E-state index in [0.717, 1.165) is 4.47 Å². The van der Waals surface area contributed by atoms with Gasteiger partial charge in [0.1, 0.15) is 5.54 Å². The highest BCUT2D eigenvalue weighted by Crippen LogP contribution is 2.31. The minimum absolute atomic E-state index is 0.313. The molecule has 1 aliphatic heterocycles. The van der Waals surface area contributed by atoms with Crippen LogP contribution < -0.4 is 16.1 Å². The van der Waals surface area contributed by atoms with Gasteiger partial charge in [0.05, 0.1) is 6.54 Å². The van der Waals surface area contributed by atoms with Crippen molar-refractivity contribution >= 4 is 39.7 Å². The van der Waals surface area contributed by atoms with Crippen molar-refractivity contribution in [2.45, 2.75) is 18.9 Å². The normalized spacial score (nSPS) is 18.3. The van der Waals surface area contributed by atoms with E-state index in [4.69, 9.17) is 0 Å². The predicted molar refractivity (Wildman–Crippen MR) is 108 cm³/mol. The first-order chi connectivity index (χ1) is 13.9. The molecule has 1 heterocycles. The molecule has 0 radical (unpaired) electrons. The average Bonchev–Trinajstić information content (AvgIpc) is 2.97. The van der Waals surface area contributed by atoms with Gasteiger partial charge in [-0.2, -0.15) is 5.01 Å². The minimum Gasteiger partial charge on any atom is -0.343 e. The van der Waals surface area contributed by atoms with E-state index < -0.39 is 35.8 Å². The van der Waals surface area contributed by atoms with Crippen LogP contribution in [-0.2, 0) is 15.1 Å². The maximum absolute atomic E-state index is 12.9. The Morgan fingerprint density at radius 1 is 1.10 bits per heavy atom. The zero-order chi connectivity index (χ0) is 21.0. The largest absolute Gasteiger partial charge is 0.344 e. The molecule has 2 aromatic rings. The van der Waals surface area contributed by atoms with E-state index in [1.54, 1.807) is 55.5 Å². The van der Waals surface area contributed by atoms with E-state index in [9.17, 15) is 19.2 Å². The molecule has 3 rings (SSSR count). The van der Waals surface area contributed by atoms with E-state index in [2.05, 4.69) is 32.0 Å². The van der Waals surface area contributed by atoms with Crippen LogP contribution in [0, 0.1) is 0 Å². The fraction of sp³-hybridized carbons (Fsp3) is 0.200. The molecular weight excluding hydrogens is 440 g/mol. The van der Waals surface area contributed by atoms with Gasteiger partial charge in [0.15, 0.2) is 0 Å². The zero-order valence-corrected chi connectivity index (χ0v) is 17.2. The van der Waals surface area contributed by atoms with Gasteiger partial charge in [0.25, 0.3) is 17.7 Å². The molecule has 0 spiro atoms. The van der Waals surface area contributed by atoms with Crippen molar-refractivity contribution in [3.63, 3.8) is 0 Å². The van der Waals surface area contributed by atoms with Gasteiger partial charge in [-0.15, -0.1) is 0 Å². The molecule has 1 fully saturated rings. The highest BCUT2D eigenvalue weighted by molar-refractivity contribution is 9.10. The molecule has 29 heavy (non-hydrogen) atoms. The predicted octanol–water partition coefficient (Wildman–Crippen LogP) is 2.07. The molecule has 2 aromatic carbocycles. The summed E-state index contributed by atoms with van der Waals surface area (Å²) in [6.07, 6.45) is 0.313. The molecular formula is C20H19BrN4O4. The number of nitrogens with one attached hydrogen (secondary N) is 3. The fourth-order valence-electron chi connectivity index (χ4n) is 3.10. The first-order valence-electron chi connectivity index (χ1n) is 8.93. The summed E-state index contributed by atoms with van der Waals surface area (Å²) in [5.74, 6) is -1.73. The second kappa shape index (κ2) is 8.44. The van der Waals surface area contributed by atoms with E-state index in [-0.39, 0.29) is 0 Å². The molecule has 9 heteroatoms. The Morgan fingerprint density at radius 2 is 1.83 bits per heavy atom. The highest BCUT2D eigenvalue weighted by atomic mass is 79.9. The quantitative estimate of drug-likeness (QED) is 0.575. The van der Waals surface area contributed by atoms with Crippen LogP contribution in [0.25, 0.3) is 0 Å². The van der Waals surface area contributed by atoms with Gasteiger partial charge in [-0.25, -0.2) is 4.79 Å². The Hall–Kier alpha value is -3.20. The first kappa shape index (κ1) is 20.5. The molecule has 1 saturated heterocycles. The summed E-state index contributed by atoms with van der Waals surface area (Å²) < 4.78 is 0.728. The third-order valence-electron chi connectivity index (χ3n) is 4.62. The number of hydrogen-bond acceptors (Lipinski definition) is 4. The second-order valence-corrected chi connectivity index (χ2v) is 7.34. The van der Waals surface area contributed by atoms with Gasteiger partial charge < -0.3 is 10.6 Å². The highest BCUT2D eigenvalue weighted by Gasteiger charge is 2.52. The molecule has 8 nitrogen and oxygen atoms in total. The van der Waals surface area contributed by atoms with E-state index in [0.29, 0.717) is 22.6 Å². The van der Waals surface area contributed by atoms with Crippen LogP contribution >= 0.6 is 15.9 Å². The number of benzene rings is 2. The summed E-state index contributed by atoms with van der Waals surface area (Å²) in [5.41, 5.74) is 2.02. The van der Waals surface area contributed by atoms with Crippen molar-refractivity contribution in [3.8, 4) is 0 Å². The summed E-state index contributed by atoms with van der Waals surface area (Å²) in [5, 5.41) is 5.78. The minimum atomic E-state index is -1.24. The molecule has 0 saturated carbocycles. The Labute approximate surface area is 175 Å². The number of hydrogen-bond donors (Lipinski definition) is 3.